The van der Waals surface area contributed by atoms with Gasteiger partial charge < -0.3 is 19.3 Å². The van der Waals surface area contributed by atoms with E-state index >= 15 is 0 Å². The summed E-state index contributed by atoms with van der Waals surface area (Å²) in [5.74, 6) is -0.313. The minimum absolute atomic E-state index is 0.0912. The summed E-state index contributed by atoms with van der Waals surface area (Å²) < 4.78 is 48.7. The van der Waals surface area contributed by atoms with Crippen molar-refractivity contribution >= 4 is 26.5 Å². The molecule has 4 atom stereocenters. The van der Waals surface area contributed by atoms with Crippen LogP contribution in [-0.4, -0.2) is 58.8 Å². The zero-order valence-corrected chi connectivity index (χ0v) is 28.4. The molecule has 0 aromatic carbocycles. The first kappa shape index (κ1) is 32.0. The second-order valence-corrected chi connectivity index (χ2v) is 25.6. The monoisotopic (exact) mass is 601 g/mol. The molecule has 39 heavy (non-hydrogen) atoms. The lowest BCUT2D eigenvalue weighted by Crippen LogP contribution is -2.55. The van der Waals surface area contributed by atoms with Crippen molar-refractivity contribution in [1.82, 2.24) is 9.13 Å². The van der Waals surface area contributed by atoms with Crippen LogP contribution in [0, 0.1) is 12.3 Å². The van der Waals surface area contributed by atoms with Gasteiger partial charge >= 0.3 is 5.69 Å². The molecule has 1 fully saturated rings. The Kier molecular flexibility index (Phi) is 8.04. The van der Waals surface area contributed by atoms with Crippen LogP contribution < -0.4 is 17.0 Å². The summed E-state index contributed by atoms with van der Waals surface area (Å²) in [5.41, 5.74) is 4.83. The number of aromatic nitrogens is 2. The molecule has 0 bridgehead atoms. The minimum atomic E-state index is -3.68. The highest BCUT2D eigenvalue weighted by atomic mass is 32.2. The SMILES string of the molecule is Cc1cn([C@@H]2O[C@H](CO[Si](C)(C)C(C)(C)C)C3(CS(=O)(=O)C=C3N)[C@H]2O[Si](C)(C)C(C)(C)C)c(=O)n(C)c1=O. The first-order valence-corrected chi connectivity index (χ1v) is 20.9. The maximum Gasteiger partial charge on any atom is 0.332 e. The van der Waals surface area contributed by atoms with Gasteiger partial charge in [0.2, 0.25) is 0 Å². The van der Waals surface area contributed by atoms with Crippen LogP contribution in [0.5, 0.6) is 0 Å². The average Bonchev–Trinajstić information content (AvgIpc) is 3.18. The average molecular weight is 602 g/mol. The van der Waals surface area contributed by atoms with Crippen molar-refractivity contribution in [1.29, 1.82) is 0 Å². The van der Waals surface area contributed by atoms with Gasteiger partial charge in [0.25, 0.3) is 5.56 Å². The molecule has 1 unspecified atom stereocenters. The van der Waals surface area contributed by atoms with E-state index in [1.165, 1.54) is 17.8 Å². The van der Waals surface area contributed by atoms with E-state index in [-0.39, 0.29) is 28.1 Å². The summed E-state index contributed by atoms with van der Waals surface area (Å²) >= 11 is 0. The molecule has 2 N–H and O–H groups in total. The van der Waals surface area contributed by atoms with Crippen LogP contribution >= 0.6 is 0 Å². The molecule has 10 nitrogen and oxygen atoms in total. The Morgan fingerprint density at radius 3 is 2.08 bits per heavy atom. The van der Waals surface area contributed by atoms with Gasteiger partial charge in [0.15, 0.2) is 32.7 Å². The number of ether oxygens (including phenoxy) is 1. The number of rotatable bonds is 6. The van der Waals surface area contributed by atoms with Crippen LogP contribution in [0.1, 0.15) is 53.3 Å². The predicted octanol–water partition coefficient (Wildman–Crippen LogP) is 3.38. The molecule has 1 aromatic heterocycles. The molecule has 3 heterocycles. The number of sulfone groups is 1. The summed E-state index contributed by atoms with van der Waals surface area (Å²) in [6.07, 6.45) is -1.27. The highest BCUT2D eigenvalue weighted by molar-refractivity contribution is 7.94. The quantitative estimate of drug-likeness (QED) is 0.491. The van der Waals surface area contributed by atoms with Gasteiger partial charge in [-0.15, -0.1) is 0 Å². The topological polar surface area (TPSA) is 132 Å². The van der Waals surface area contributed by atoms with Crippen LogP contribution in [0.2, 0.25) is 36.3 Å². The van der Waals surface area contributed by atoms with Crippen LogP contribution in [0.15, 0.2) is 26.9 Å². The molecule has 3 rings (SSSR count). The van der Waals surface area contributed by atoms with Crippen molar-refractivity contribution in [2.45, 2.75) is 103 Å². The molecule has 0 radical (unpaired) electrons. The van der Waals surface area contributed by atoms with Crippen LogP contribution in [0.25, 0.3) is 0 Å². The van der Waals surface area contributed by atoms with E-state index in [2.05, 4.69) is 67.7 Å². The van der Waals surface area contributed by atoms with Gasteiger partial charge in [0.05, 0.1) is 29.3 Å². The number of nitrogens with two attached hydrogens (primary N) is 1. The number of hydrogen-bond donors (Lipinski definition) is 1. The summed E-state index contributed by atoms with van der Waals surface area (Å²) in [7, 11) is -7.10. The Hall–Kier alpha value is -1.52. The molecule has 0 amide bonds. The van der Waals surface area contributed by atoms with Crippen molar-refractivity contribution in [3.63, 3.8) is 0 Å². The van der Waals surface area contributed by atoms with E-state index in [0.717, 1.165) is 9.98 Å². The first-order chi connectivity index (χ1) is 17.4. The van der Waals surface area contributed by atoms with Crippen molar-refractivity contribution in [2.24, 2.45) is 18.2 Å². The maximum absolute atomic E-state index is 13.4. The van der Waals surface area contributed by atoms with Gasteiger partial charge in [-0.2, -0.15) is 0 Å². The van der Waals surface area contributed by atoms with E-state index in [1.54, 1.807) is 6.92 Å². The Bertz CT molecular complexity index is 1380. The van der Waals surface area contributed by atoms with Crippen LogP contribution in [0.4, 0.5) is 0 Å². The normalized spacial score (nSPS) is 27.8. The van der Waals surface area contributed by atoms with Gasteiger partial charge in [0.1, 0.15) is 6.10 Å². The summed E-state index contributed by atoms with van der Waals surface area (Å²) in [5, 5.41) is 0.786. The van der Waals surface area contributed by atoms with Crippen molar-refractivity contribution in [2.75, 3.05) is 12.4 Å². The Labute approximate surface area is 234 Å². The Balaban J connectivity index is 2.27. The molecule has 0 aliphatic carbocycles. The number of aryl methyl sites for hydroxylation is 1. The molecule has 1 saturated heterocycles. The molecule has 1 aromatic rings. The molecular weight excluding hydrogens is 555 g/mol. The highest BCUT2D eigenvalue weighted by Crippen LogP contribution is 2.55. The van der Waals surface area contributed by atoms with Crippen molar-refractivity contribution < 1.29 is 22.0 Å². The van der Waals surface area contributed by atoms with Gasteiger partial charge in [-0.3, -0.25) is 13.9 Å². The standard InChI is InChI=1S/C26H47N3O7SSi2/c1-17-13-29(23(31)28(8)21(17)30)22-20(36-39(11,12)25(5,6)7)26(16-37(32,33)15-18(26)27)19(35-22)14-34-38(9,10)24(2,3)4/h13,15,19-20,22H,14,16,27H2,1-12H3/t19-,20+,22-,26?/m1/s1. The largest absolute Gasteiger partial charge is 0.414 e. The van der Waals surface area contributed by atoms with E-state index in [1.807, 2.05) is 0 Å². The van der Waals surface area contributed by atoms with Crippen molar-refractivity contribution in [3.8, 4) is 0 Å². The van der Waals surface area contributed by atoms with Crippen molar-refractivity contribution in [3.05, 3.63) is 43.7 Å². The van der Waals surface area contributed by atoms with Gasteiger partial charge in [-0.1, -0.05) is 41.5 Å². The maximum atomic E-state index is 13.4. The third-order valence-electron chi connectivity index (χ3n) is 9.32. The second-order valence-electron chi connectivity index (χ2n) is 14.2. The van der Waals surface area contributed by atoms with E-state index < -0.39 is 61.6 Å². The molecule has 1 spiro atoms. The fourth-order valence-electron chi connectivity index (χ4n) is 4.67. The Morgan fingerprint density at radius 2 is 1.62 bits per heavy atom. The van der Waals surface area contributed by atoms with Gasteiger partial charge in [-0.05, 0) is 43.2 Å². The fraction of sp³-hybridized carbons (Fsp3) is 0.769. The number of hydrogen-bond acceptors (Lipinski definition) is 8. The lowest BCUT2D eigenvalue weighted by molar-refractivity contribution is -0.0509. The first-order valence-electron chi connectivity index (χ1n) is 13.3. The lowest BCUT2D eigenvalue weighted by atomic mass is 9.78. The lowest BCUT2D eigenvalue weighted by Gasteiger charge is -2.44. The molecule has 2 aliphatic heterocycles. The van der Waals surface area contributed by atoms with E-state index in [4.69, 9.17) is 19.3 Å². The molecule has 13 heteroatoms. The second kappa shape index (κ2) is 9.79. The zero-order chi connectivity index (χ0) is 30.1. The van der Waals surface area contributed by atoms with Gasteiger partial charge in [0, 0.05) is 24.5 Å². The van der Waals surface area contributed by atoms with Gasteiger partial charge in [-0.25, -0.2) is 13.2 Å². The number of nitrogens with zero attached hydrogens (tertiary/aromatic N) is 2. The molecule has 2 aliphatic rings. The Morgan fingerprint density at radius 1 is 1.08 bits per heavy atom. The van der Waals surface area contributed by atoms with Crippen LogP contribution in [0.3, 0.4) is 0 Å². The zero-order valence-electron chi connectivity index (χ0n) is 25.5. The minimum Gasteiger partial charge on any atom is -0.414 e. The molecule has 0 saturated carbocycles. The molecule has 222 valence electrons. The fourth-order valence-corrected chi connectivity index (χ4v) is 8.86. The summed E-state index contributed by atoms with van der Waals surface area (Å²) in [4.78, 5) is 25.9. The van der Waals surface area contributed by atoms with E-state index in [9.17, 15) is 18.0 Å². The third-order valence-corrected chi connectivity index (χ3v) is 19.8. The predicted molar refractivity (Wildman–Crippen MR) is 158 cm³/mol. The van der Waals surface area contributed by atoms with Crippen LogP contribution in [-0.2, 0) is 30.5 Å². The highest BCUT2D eigenvalue weighted by Gasteiger charge is 2.65. The smallest absolute Gasteiger partial charge is 0.332 e. The van der Waals surface area contributed by atoms with E-state index in [0.29, 0.717) is 5.56 Å². The molecular formula is C26H47N3O7SSi2. The summed E-state index contributed by atoms with van der Waals surface area (Å²) in [6, 6.07) is 0. The third kappa shape index (κ3) is 5.54. The summed E-state index contributed by atoms with van der Waals surface area (Å²) in [6.45, 7) is 22.7.